The second-order valence-corrected chi connectivity index (χ2v) is 4.92. The molecule has 0 aromatic rings. The van der Waals surface area contributed by atoms with Crippen molar-refractivity contribution in [3.05, 3.63) is 11.1 Å². The summed E-state index contributed by atoms with van der Waals surface area (Å²) >= 11 is 0. The topological polar surface area (TPSA) is 29.5 Å². The molecule has 3 nitrogen and oxygen atoms in total. The quantitative estimate of drug-likeness (QED) is 0.520. The Morgan fingerprint density at radius 3 is 2.40 bits per heavy atom. The lowest BCUT2D eigenvalue weighted by Gasteiger charge is -2.19. The van der Waals surface area contributed by atoms with Crippen molar-refractivity contribution >= 4 is 5.97 Å². The maximum atomic E-state index is 11.5. The van der Waals surface area contributed by atoms with Crippen molar-refractivity contribution in [3.8, 4) is 0 Å². The first-order chi connectivity index (χ1) is 7.11. The third kappa shape index (κ3) is 2.23. The van der Waals surface area contributed by atoms with E-state index < -0.39 is 0 Å². The van der Waals surface area contributed by atoms with Crippen LogP contribution in [0.15, 0.2) is 11.1 Å². The summed E-state index contributed by atoms with van der Waals surface area (Å²) in [6.45, 7) is 7.05. The number of carbonyl (C=O) groups is 1. The molecule has 1 saturated heterocycles. The number of methoxy groups -OCH3 is 1. The summed E-state index contributed by atoms with van der Waals surface area (Å²) in [4.78, 5) is 13.9. The van der Waals surface area contributed by atoms with E-state index >= 15 is 0 Å². The number of hydrogen-bond donors (Lipinski definition) is 0. The standard InChI is InChI=1S/C12H19NO2/c1-8(2)11(12(14)15-3)7-13-5-9-4-10(9)6-13/h9-10H,4-7H2,1-3H3. The van der Waals surface area contributed by atoms with Crippen molar-refractivity contribution in [2.75, 3.05) is 26.7 Å². The SMILES string of the molecule is COC(=O)C(CN1CC2CC2C1)=C(C)C. The van der Waals surface area contributed by atoms with E-state index in [2.05, 4.69) is 4.90 Å². The Morgan fingerprint density at radius 2 is 1.93 bits per heavy atom. The molecule has 84 valence electrons. The fourth-order valence-electron chi connectivity index (χ4n) is 2.40. The van der Waals surface area contributed by atoms with Crippen LogP contribution in [0.3, 0.4) is 0 Å². The lowest BCUT2D eigenvalue weighted by molar-refractivity contribution is -0.136. The van der Waals surface area contributed by atoms with Crippen molar-refractivity contribution < 1.29 is 9.53 Å². The van der Waals surface area contributed by atoms with Gasteiger partial charge in [-0.3, -0.25) is 4.90 Å². The first kappa shape index (κ1) is 10.7. The van der Waals surface area contributed by atoms with Gasteiger partial charge in [-0.15, -0.1) is 0 Å². The molecule has 15 heavy (non-hydrogen) atoms. The Labute approximate surface area is 91.1 Å². The molecule has 2 rings (SSSR count). The molecule has 2 unspecified atom stereocenters. The van der Waals surface area contributed by atoms with Gasteiger partial charge < -0.3 is 4.74 Å². The maximum absolute atomic E-state index is 11.5. The number of esters is 1. The summed E-state index contributed by atoms with van der Waals surface area (Å²) in [5, 5.41) is 0. The summed E-state index contributed by atoms with van der Waals surface area (Å²) in [5.41, 5.74) is 1.90. The van der Waals surface area contributed by atoms with Crippen LogP contribution in [-0.2, 0) is 9.53 Å². The van der Waals surface area contributed by atoms with Gasteiger partial charge in [0, 0.05) is 25.2 Å². The third-order valence-corrected chi connectivity index (χ3v) is 3.47. The maximum Gasteiger partial charge on any atom is 0.334 e. The molecule has 0 bridgehead atoms. The van der Waals surface area contributed by atoms with Crippen molar-refractivity contribution in [1.82, 2.24) is 4.90 Å². The first-order valence-electron chi connectivity index (χ1n) is 5.59. The van der Waals surface area contributed by atoms with Crippen LogP contribution in [-0.4, -0.2) is 37.6 Å². The number of fused-ring (bicyclic) bond motifs is 1. The monoisotopic (exact) mass is 209 g/mol. The van der Waals surface area contributed by atoms with Gasteiger partial charge in [-0.1, -0.05) is 5.57 Å². The lowest BCUT2D eigenvalue weighted by Crippen LogP contribution is -2.28. The minimum absolute atomic E-state index is 0.171. The van der Waals surface area contributed by atoms with E-state index in [1.54, 1.807) is 0 Å². The molecule has 0 N–H and O–H groups in total. The summed E-state index contributed by atoms with van der Waals surface area (Å²) < 4.78 is 4.80. The molecule has 0 radical (unpaired) electrons. The van der Waals surface area contributed by atoms with Crippen LogP contribution < -0.4 is 0 Å². The van der Waals surface area contributed by atoms with Crippen molar-refractivity contribution in [1.29, 1.82) is 0 Å². The van der Waals surface area contributed by atoms with Gasteiger partial charge in [-0.05, 0) is 32.1 Å². The zero-order valence-electron chi connectivity index (χ0n) is 9.75. The molecule has 2 fully saturated rings. The van der Waals surface area contributed by atoms with Gasteiger partial charge in [0.1, 0.15) is 0 Å². The largest absolute Gasteiger partial charge is 0.466 e. The van der Waals surface area contributed by atoms with Gasteiger partial charge in [0.2, 0.25) is 0 Å². The summed E-state index contributed by atoms with van der Waals surface area (Å²) in [6, 6.07) is 0. The lowest BCUT2D eigenvalue weighted by atomic mass is 10.1. The number of piperidine rings is 1. The highest BCUT2D eigenvalue weighted by Crippen LogP contribution is 2.44. The molecule has 1 saturated carbocycles. The van der Waals surface area contributed by atoms with Gasteiger partial charge in [0.25, 0.3) is 0 Å². The number of hydrogen-bond acceptors (Lipinski definition) is 3. The van der Waals surface area contributed by atoms with Crippen LogP contribution in [0.25, 0.3) is 0 Å². The molecule has 1 heterocycles. The minimum Gasteiger partial charge on any atom is -0.466 e. The third-order valence-electron chi connectivity index (χ3n) is 3.47. The van der Waals surface area contributed by atoms with Crippen LogP contribution in [0, 0.1) is 11.8 Å². The predicted molar refractivity (Wildman–Crippen MR) is 58.4 cm³/mol. The Balaban J connectivity index is 1.95. The van der Waals surface area contributed by atoms with E-state index in [4.69, 9.17) is 4.74 Å². The Bertz CT molecular complexity index is 295. The van der Waals surface area contributed by atoms with Crippen molar-refractivity contribution in [2.24, 2.45) is 11.8 Å². The minimum atomic E-state index is -0.171. The predicted octanol–water partition coefficient (Wildman–Crippen LogP) is 1.45. The number of nitrogens with zero attached hydrogens (tertiary/aromatic N) is 1. The zero-order valence-corrected chi connectivity index (χ0v) is 9.75. The van der Waals surface area contributed by atoms with Crippen LogP contribution >= 0.6 is 0 Å². The average molecular weight is 209 g/mol. The van der Waals surface area contributed by atoms with Crippen LogP contribution in [0.2, 0.25) is 0 Å². The van der Waals surface area contributed by atoms with Gasteiger partial charge in [-0.25, -0.2) is 4.79 Å². The molecule has 0 aromatic heterocycles. The van der Waals surface area contributed by atoms with Gasteiger partial charge >= 0.3 is 5.97 Å². The van der Waals surface area contributed by atoms with E-state index in [0.717, 1.165) is 29.5 Å². The van der Waals surface area contributed by atoms with Crippen molar-refractivity contribution in [3.63, 3.8) is 0 Å². The molecular formula is C12H19NO2. The smallest absolute Gasteiger partial charge is 0.334 e. The molecule has 1 aliphatic heterocycles. The van der Waals surface area contributed by atoms with E-state index in [9.17, 15) is 4.79 Å². The number of rotatable bonds is 3. The van der Waals surface area contributed by atoms with E-state index in [0.29, 0.717) is 0 Å². The molecular weight excluding hydrogens is 190 g/mol. The highest BCUT2D eigenvalue weighted by atomic mass is 16.5. The molecule has 3 heteroatoms. The first-order valence-corrected chi connectivity index (χ1v) is 5.59. The number of ether oxygens (including phenoxy) is 1. The molecule has 1 aliphatic carbocycles. The molecule has 0 amide bonds. The van der Waals surface area contributed by atoms with E-state index in [1.807, 2.05) is 13.8 Å². The second-order valence-electron chi connectivity index (χ2n) is 4.92. The van der Waals surface area contributed by atoms with Gasteiger partial charge in [0.05, 0.1) is 7.11 Å². The average Bonchev–Trinajstić information content (AvgIpc) is 2.81. The number of carbonyl (C=O) groups excluding carboxylic acids is 1. The van der Waals surface area contributed by atoms with Crippen molar-refractivity contribution in [2.45, 2.75) is 20.3 Å². The summed E-state index contributed by atoms with van der Waals surface area (Å²) in [6.07, 6.45) is 1.40. The Hall–Kier alpha value is -0.830. The highest BCUT2D eigenvalue weighted by Gasteiger charge is 2.45. The van der Waals surface area contributed by atoms with Crippen LogP contribution in [0.4, 0.5) is 0 Å². The fourth-order valence-corrected chi connectivity index (χ4v) is 2.40. The normalized spacial score (nSPS) is 28.5. The summed E-state index contributed by atoms with van der Waals surface area (Å²) in [7, 11) is 1.45. The molecule has 2 aliphatic rings. The van der Waals surface area contributed by atoms with Gasteiger partial charge in [0.15, 0.2) is 0 Å². The zero-order chi connectivity index (χ0) is 11.0. The fraction of sp³-hybridized carbons (Fsp3) is 0.750. The van der Waals surface area contributed by atoms with Crippen LogP contribution in [0.5, 0.6) is 0 Å². The molecule has 2 atom stereocenters. The molecule has 0 spiro atoms. The number of allylic oxidation sites excluding steroid dienone is 1. The Morgan fingerprint density at radius 1 is 1.33 bits per heavy atom. The summed E-state index contributed by atoms with van der Waals surface area (Å²) in [5.74, 6) is 1.66. The number of likely N-dealkylation sites (tertiary alicyclic amines) is 1. The van der Waals surface area contributed by atoms with Gasteiger partial charge in [-0.2, -0.15) is 0 Å². The second kappa shape index (κ2) is 3.97. The Kier molecular flexibility index (Phi) is 2.83. The van der Waals surface area contributed by atoms with E-state index in [-0.39, 0.29) is 5.97 Å². The highest BCUT2D eigenvalue weighted by molar-refractivity contribution is 5.89. The van der Waals surface area contributed by atoms with E-state index in [1.165, 1.54) is 26.6 Å². The molecule has 0 aromatic carbocycles. The van der Waals surface area contributed by atoms with Crippen LogP contribution in [0.1, 0.15) is 20.3 Å².